The highest BCUT2D eigenvalue weighted by Crippen LogP contribution is 2.26. The van der Waals surface area contributed by atoms with Gasteiger partial charge in [0.1, 0.15) is 22.5 Å². The number of aromatic nitrogens is 5. The van der Waals surface area contributed by atoms with Crippen LogP contribution in [0.2, 0.25) is 0 Å². The van der Waals surface area contributed by atoms with E-state index in [4.69, 9.17) is 10.2 Å². The molecule has 4 aromatic heterocycles. The molecule has 0 bridgehead atoms. The van der Waals surface area contributed by atoms with Gasteiger partial charge in [0.05, 0.1) is 18.3 Å². The number of halogens is 1. The SMILES string of the molecule is Nc1nc2c(ncn2CCN2CCN(c3ccc(C(=O)N4CCNCC4)cc3F)CC2)c2cc(-c3ccco3)nn12. The topological polar surface area (TPSA) is 126 Å². The van der Waals surface area contributed by atoms with Crippen LogP contribution in [0.4, 0.5) is 16.0 Å². The number of nitrogens with one attached hydrogen (secondary N) is 1. The lowest BCUT2D eigenvalue weighted by atomic mass is 10.1. The largest absolute Gasteiger partial charge is 0.463 e. The molecule has 0 unspecified atom stereocenters. The molecule has 7 rings (SSSR count). The molecular weight excluding hydrogens is 527 g/mol. The van der Waals surface area contributed by atoms with Gasteiger partial charge in [0.2, 0.25) is 5.95 Å². The number of benzene rings is 1. The molecule has 2 saturated heterocycles. The van der Waals surface area contributed by atoms with Crippen LogP contribution in [0.25, 0.3) is 28.1 Å². The smallest absolute Gasteiger partial charge is 0.254 e. The fourth-order valence-corrected chi connectivity index (χ4v) is 5.67. The molecule has 1 aromatic carbocycles. The maximum absolute atomic E-state index is 15.1. The lowest BCUT2D eigenvalue weighted by molar-refractivity contribution is 0.0735. The molecule has 212 valence electrons. The van der Waals surface area contributed by atoms with Gasteiger partial charge in [-0.2, -0.15) is 14.6 Å². The normalized spacial score (nSPS) is 16.7. The van der Waals surface area contributed by atoms with E-state index in [-0.39, 0.29) is 17.7 Å². The number of carbonyl (C=O) groups is 1. The van der Waals surface area contributed by atoms with E-state index >= 15 is 4.39 Å². The number of fused-ring (bicyclic) bond motifs is 3. The zero-order valence-corrected chi connectivity index (χ0v) is 22.5. The van der Waals surface area contributed by atoms with Crippen LogP contribution in [0.1, 0.15) is 10.4 Å². The summed E-state index contributed by atoms with van der Waals surface area (Å²) in [6.45, 7) is 7.28. The van der Waals surface area contributed by atoms with Crippen LogP contribution in [0, 0.1) is 5.82 Å². The predicted molar refractivity (Wildman–Crippen MR) is 152 cm³/mol. The second kappa shape index (κ2) is 10.5. The molecule has 0 aliphatic carbocycles. The number of hydrogen-bond acceptors (Lipinski definition) is 9. The molecule has 2 fully saturated rings. The first-order chi connectivity index (χ1) is 20.0. The fraction of sp³-hybridized carbons (Fsp3) is 0.357. The van der Waals surface area contributed by atoms with Crippen molar-refractivity contribution in [2.75, 3.05) is 69.5 Å². The van der Waals surface area contributed by atoms with Gasteiger partial charge in [-0.3, -0.25) is 9.69 Å². The highest BCUT2D eigenvalue weighted by Gasteiger charge is 2.23. The molecule has 0 radical (unpaired) electrons. The number of amides is 1. The number of nitrogen functional groups attached to an aromatic ring is 1. The maximum atomic E-state index is 15.1. The van der Waals surface area contributed by atoms with Crippen LogP contribution in [0.3, 0.4) is 0 Å². The minimum Gasteiger partial charge on any atom is -0.463 e. The van der Waals surface area contributed by atoms with Gasteiger partial charge in [-0.05, 0) is 36.4 Å². The third-order valence-corrected chi connectivity index (χ3v) is 7.94. The summed E-state index contributed by atoms with van der Waals surface area (Å²) in [6.07, 6.45) is 3.39. The van der Waals surface area contributed by atoms with Crippen LogP contribution >= 0.6 is 0 Å². The average Bonchev–Trinajstić information content (AvgIpc) is 3.77. The van der Waals surface area contributed by atoms with E-state index in [0.29, 0.717) is 61.1 Å². The minimum atomic E-state index is -0.352. The average molecular weight is 559 g/mol. The van der Waals surface area contributed by atoms with Crippen molar-refractivity contribution in [3.8, 4) is 11.5 Å². The Balaban J connectivity index is 0.993. The molecule has 2 aliphatic heterocycles. The van der Waals surface area contributed by atoms with Crippen molar-refractivity contribution in [1.82, 2.24) is 39.3 Å². The molecular formula is C28H31FN10O2. The third-order valence-electron chi connectivity index (χ3n) is 7.94. The zero-order chi connectivity index (χ0) is 27.9. The van der Waals surface area contributed by atoms with E-state index in [1.54, 1.807) is 34.1 Å². The number of anilines is 2. The minimum absolute atomic E-state index is 0.114. The highest BCUT2D eigenvalue weighted by molar-refractivity contribution is 5.94. The van der Waals surface area contributed by atoms with E-state index in [1.165, 1.54) is 6.07 Å². The van der Waals surface area contributed by atoms with Crippen LogP contribution in [0.5, 0.6) is 0 Å². The molecule has 5 aromatic rings. The summed E-state index contributed by atoms with van der Waals surface area (Å²) in [6, 6.07) is 10.4. The Morgan fingerprint density at radius 1 is 1.05 bits per heavy atom. The second-order valence-corrected chi connectivity index (χ2v) is 10.4. The van der Waals surface area contributed by atoms with E-state index < -0.39 is 0 Å². The number of hydrogen-bond donors (Lipinski definition) is 2. The molecule has 0 spiro atoms. The van der Waals surface area contributed by atoms with Crippen molar-refractivity contribution in [2.24, 2.45) is 0 Å². The Kier molecular flexibility index (Phi) is 6.51. The molecule has 0 saturated carbocycles. The Bertz CT molecular complexity index is 1700. The van der Waals surface area contributed by atoms with Gasteiger partial charge in [-0.15, -0.1) is 0 Å². The summed E-state index contributed by atoms with van der Waals surface area (Å²) in [5, 5.41) is 7.76. The number of nitrogens with zero attached hydrogens (tertiary/aromatic N) is 8. The van der Waals surface area contributed by atoms with Crippen molar-refractivity contribution in [3.05, 3.63) is 60.4 Å². The van der Waals surface area contributed by atoms with Crippen molar-refractivity contribution in [2.45, 2.75) is 6.54 Å². The first kappa shape index (κ1) is 25.5. The highest BCUT2D eigenvalue weighted by atomic mass is 19.1. The van der Waals surface area contributed by atoms with Gasteiger partial charge in [-0.25, -0.2) is 9.37 Å². The zero-order valence-electron chi connectivity index (χ0n) is 22.5. The van der Waals surface area contributed by atoms with Gasteiger partial charge in [-0.1, -0.05) is 0 Å². The van der Waals surface area contributed by atoms with Crippen LogP contribution in [0.15, 0.2) is 53.4 Å². The van der Waals surface area contributed by atoms with Gasteiger partial charge >= 0.3 is 0 Å². The Morgan fingerprint density at radius 3 is 2.63 bits per heavy atom. The Labute approximate surface area is 235 Å². The van der Waals surface area contributed by atoms with Crippen LogP contribution in [-0.2, 0) is 6.54 Å². The van der Waals surface area contributed by atoms with Gasteiger partial charge in [0.15, 0.2) is 11.4 Å². The van der Waals surface area contributed by atoms with E-state index in [2.05, 4.69) is 25.3 Å². The fourth-order valence-electron chi connectivity index (χ4n) is 5.67. The Hall–Kier alpha value is -4.49. The molecule has 3 N–H and O–H groups in total. The summed E-state index contributed by atoms with van der Waals surface area (Å²) >= 11 is 0. The number of imidazole rings is 1. The molecule has 0 atom stereocenters. The molecule has 12 nitrogen and oxygen atoms in total. The van der Waals surface area contributed by atoms with Crippen molar-refractivity contribution in [3.63, 3.8) is 0 Å². The summed E-state index contributed by atoms with van der Waals surface area (Å²) in [5.41, 5.74) is 10.1. The first-order valence-electron chi connectivity index (χ1n) is 13.9. The van der Waals surface area contributed by atoms with E-state index in [9.17, 15) is 4.79 Å². The predicted octanol–water partition coefficient (Wildman–Crippen LogP) is 1.93. The number of nitrogens with two attached hydrogens (primary N) is 1. The number of carbonyl (C=O) groups excluding carboxylic acids is 1. The first-order valence-corrected chi connectivity index (χ1v) is 13.9. The maximum Gasteiger partial charge on any atom is 0.254 e. The van der Waals surface area contributed by atoms with E-state index in [1.807, 2.05) is 27.7 Å². The second-order valence-electron chi connectivity index (χ2n) is 10.4. The molecule has 41 heavy (non-hydrogen) atoms. The summed E-state index contributed by atoms with van der Waals surface area (Å²) < 4.78 is 24.2. The van der Waals surface area contributed by atoms with Crippen molar-refractivity contribution < 1.29 is 13.6 Å². The third kappa shape index (κ3) is 4.76. The summed E-state index contributed by atoms with van der Waals surface area (Å²) in [7, 11) is 0. The van der Waals surface area contributed by atoms with Gasteiger partial charge in [0, 0.05) is 71.0 Å². The molecule has 6 heterocycles. The van der Waals surface area contributed by atoms with Crippen LogP contribution in [-0.4, -0.2) is 98.8 Å². The van der Waals surface area contributed by atoms with Gasteiger partial charge < -0.3 is 29.8 Å². The molecule has 13 heteroatoms. The van der Waals surface area contributed by atoms with Crippen molar-refractivity contribution in [1.29, 1.82) is 0 Å². The molecule has 2 aliphatic rings. The number of rotatable bonds is 6. The standard InChI is InChI=1S/C28H31FN10O2/c29-20-16-19(27(40)37-7-5-31-6-8-37)3-4-22(20)36-12-9-35(10-13-36)11-14-38-18-32-25-23-17-21(24-2-1-15-41-24)34-39(23)28(30)33-26(25)38/h1-4,15-18,31H,5-14H2,(H2,30,33). The monoisotopic (exact) mass is 558 g/mol. The summed E-state index contributed by atoms with van der Waals surface area (Å²) in [4.78, 5) is 28.1. The lowest BCUT2D eigenvalue weighted by Crippen LogP contribution is -2.47. The Morgan fingerprint density at radius 2 is 1.88 bits per heavy atom. The van der Waals surface area contributed by atoms with Crippen molar-refractivity contribution >= 4 is 34.2 Å². The number of piperazine rings is 2. The van der Waals surface area contributed by atoms with Crippen LogP contribution < -0.4 is 16.0 Å². The lowest BCUT2D eigenvalue weighted by Gasteiger charge is -2.36. The van der Waals surface area contributed by atoms with E-state index in [0.717, 1.165) is 43.8 Å². The molecule has 1 amide bonds. The number of furan rings is 1. The summed E-state index contributed by atoms with van der Waals surface area (Å²) in [5.74, 6) is 0.467. The van der Waals surface area contributed by atoms with Gasteiger partial charge in [0.25, 0.3) is 5.91 Å². The quantitative estimate of drug-likeness (QED) is 0.322.